The largest absolute Gasteiger partial charge is 0.399 e. The number of thiazole rings is 1. The number of rotatable bonds is 6. The average molecular weight is 306 g/mol. The Hall–Kier alpha value is -1.70. The molecular weight excluding hydrogens is 288 g/mol. The molecule has 0 spiro atoms. The standard InChI is InChI=1S/C14H18N4O2S/c15-9-1-4-11-12(7-9)21-14(16-11)17-13(20)8-18(5-6-19)10-2-3-10/h1,4,7,10,19H,2-3,5-6,8,15H2,(H,16,17,20). The Balaban J connectivity index is 1.65. The third-order valence-corrected chi connectivity index (χ3v) is 4.39. The normalized spacial score (nSPS) is 14.8. The van der Waals surface area contributed by atoms with E-state index in [9.17, 15) is 4.79 Å². The predicted molar refractivity (Wildman–Crippen MR) is 84.3 cm³/mol. The molecule has 1 heterocycles. The lowest BCUT2D eigenvalue weighted by Gasteiger charge is -2.19. The predicted octanol–water partition coefficient (Wildman–Crippen LogP) is 1.27. The number of amides is 1. The highest BCUT2D eigenvalue weighted by Gasteiger charge is 2.29. The molecule has 2 aromatic rings. The van der Waals surface area contributed by atoms with E-state index in [1.165, 1.54) is 11.3 Å². The summed E-state index contributed by atoms with van der Waals surface area (Å²) in [6.07, 6.45) is 2.21. The number of anilines is 2. The van der Waals surface area contributed by atoms with Crippen LogP contribution in [0.3, 0.4) is 0 Å². The second-order valence-corrected chi connectivity index (χ2v) is 6.25. The van der Waals surface area contributed by atoms with Crippen molar-refractivity contribution in [3.05, 3.63) is 18.2 Å². The minimum absolute atomic E-state index is 0.0736. The van der Waals surface area contributed by atoms with Crippen molar-refractivity contribution in [2.24, 2.45) is 0 Å². The molecule has 1 saturated carbocycles. The molecule has 1 fully saturated rings. The van der Waals surface area contributed by atoms with Crippen molar-refractivity contribution in [3.8, 4) is 0 Å². The molecule has 1 aliphatic rings. The fourth-order valence-corrected chi connectivity index (χ4v) is 3.23. The summed E-state index contributed by atoms with van der Waals surface area (Å²) in [4.78, 5) is 18.5. The molecule has 4 N–H and O–H groups in total. The van der Waals surface area contributed by atoms with Crippen molar-refractivity contribution in [1.82, 2.24) is 9.88 Å². The highest BCUT2D eigenvalue weighted by molar-refractivity contribution is 7.22. The molecule has 6 nitrogen and oxygen atoms in total. The number of aromatic nitrogens is 1. The van der Waals surface area contributed by atoms with Crippen molar-refractivity contribution < 1.29 is 9.90 Å². The molecule has 1 aromatic heterocycles. The molecule has 0 bridgehead atoms. The number of aliphatic hydroxyl groups is 1. The SMILES string of the molecule is Nc1ccc2nc(NC(=O)CN(CCO)C3CC3)sc2c1. The van der Waals surface area contributed by atoms with Gasteiger partial charge in [-0.3, -0.25) is 9.69 Å². The summed E-state index contributed by atoms with van der Waals surface area (Å²) < 4.78 is 0.958. The van der Waals surface area contributed by atoms with E-state index in [1.807, 2.05) is 17.0 Å². The molecular formula is C14H18N4O2S. The lowest BCUT2D eigenvalue weighted by Crippen LogP contribution is -2.36. The van der Waals surface area contributed by atoms with Gasteiger partial charge < -0.3 is 16.2 Å². The summed E-state index contributed by atoms with van der Waals surface area (Å²) in [7, 11) is 0. The zero-order valence-corrected chi connectivity index (χ0v) is 12.4. The third-order valence-electron chi connectivity index (χ3n) is 3.46. The summed E-state index contributed by atoms with van der Waals surface area (Å²) >= 11 is 1.41. The van der Waals surface area contributed by atoms with E-state index in [4.69, 9.17) is 10.8 Å². The number of carbonyl (C=O) groups is 1. The van der Waals surface area contributed by atoms with Crippen LogP contribution in [0.2, 0.25) is 0 Å². The first kappa shape index (κ1) is 14.2. The molecule has 1 aromatic carbocycles. The van der Waals surface area contributed by atoms with Crippen LogP contribution >= 0.6 is 11.3 Å². The van der Waals surface area contributed by atoms with Crippen molar-refractivity contribution in [3.63, 3.8) is 0 Å². The number of nitrogens with zero attached hydrogens (tertiary/aromatic N) is 2. The van der Waals surface area contributed by atoms with Crippen LogP contribution in [-0.4, -0.2) is 46.6 Å². The lowest BCUT2D eigenvalue weighted by atomic mass is 10.3. The lowest BCUT2D eigenvalue weighted by molar-refractivity contribution is -0.117. The van der Waals surface area contributed by atoms with Gasteiger partial charge in [0, 0.05) is 18.3 Å². The highest BCUT2D eigenvalue weighted by atomic mass is 32.1. The van der Waals surface area contributed by atoms with Crippen LogP contribution in [0.1, 0.15) is 12.8 Å². The number of nitrogens with one attached hydrogen (secondary N) is 1. The van der Waals surface area contributed by atoms with Crippen LogP contribution in [0.15, 0.2) is 18.2 Å². The molecule has 7 heteroatoms. The molecule has 3 rings (SSSR count). The number of aliphatic hydroxyl groups excluding tert-OH is 1. The molecule has 0 unspecified atom stereocenters. The Kier molecular flexibility index (Phi) is 4.05. The van der Waals surface area contributed by atoms with E-state index in [1.54, 1.807) is 6.07 Å². The first-order valence-corrected chi connectivity index (χ1v) is 7.78. The molecule has 0 saturated heterocycles. The van der Waals surface area contributed by atoms with Gasteiger partial charge in [-0.15, -0.1) is 0 Å². The molecule has 0 radical (unpaired) electrons. The van der Waals surface area contributed by atoms with E-state index in [-0.39, 0.29) is 12.5 Å². The maximum absolute atomic E-state index is 12.1. The summed E-state index contributed by atoms with van der Waals surface area (Å²) in [5.74, 6) is -0.0950. The summed E-state index contributed by atoms with van der Waals surface area (Å²) in [5, 5.41) is 12.5. The molecule has 1 amide bonds. The van der Waals surface area contributed by atoms with Crippen LogP contribution < -0.4 is 11.1 Å². The minimum atomic E-state index is -0.0950. The molecule has 1 aliphatic carbocycles. The van der Waals surface area contributed by atoms with Crippen molar-refractivity contribution in [2.45, 2.75) is 18.9 Å². The van der Waals surface area contributed by atoms with Crippen LogP contribution in [0, 0.1) is 0 Å². The molecule has 0 atom stereocenters. The molecule has 0 aliphatic heterocycles. The zero-order valence-electron chi connectivity index (χ0n) is 11.6. The van der Waals surface area contributed by atoms with Crippen LogP contribution in [0.5, 0.6) is 0 Å². The first-order chi connectivity index (χ1) is 10.2. The summed E-state index contributed by atoms with van der Waals surface area (Å²) in [6.45, 7) is 0.905. The van der Waals surface area contributed by atoms with Gasteiger partial charge in [-0.25, -0.2) is 4.98 Å². The first-order valence-electron chi connectivity index (χ1n) is 6.96. The van der Waals surface area contributed by atoms with Gasteiger partial charge in [0.25, 0.3) is 0 Å². The summed E-state index contributed by atoms with van der Waals surface area (Å²) in [6, 6.07) is 5.94. The van der Waals surface area contributed by atoms with Gasteiger partial charge in [0.2, 0.25) is 5.91 Å². The number of fused-ring (bicyclic) bond motifs is 1. The minimum Gasteiger partial charge on any atom is -0.399 e. The second-order valence-electron chi connectivity index (χ2n) is 5.22. The second kappa shape index (κ2) is 5.97. The van der Waals surface area contributed by atoms with Gasteiger partial charge in [0.15, 0.2) is 5.13 Å². The van der Waals surface area contributed by atoms with E-state index < -0.39 is 0 Å². The Morgan fingerprint density at radius 1 is 1.52 bits per heavy atom. The number of benzene rings is 1. The Labute approximate surface area is 126 Å². The van der Waals surface area contributed by atoms with E-state index >= 15 is 0 Å². The topological polar surface area (TPSA) is 91.5 Å². The zero-order chi connectivity index (χ0) is 14.8. The fraction of sp³-hybridized carbons (Fsp3) is 0.429. The molecule has 112 valence electrons. The highest BCUT2D eigenvalue weighted by Crippen LogP contribution is 2.28. The van der Waals surface area contributed by atoms with Gasteiger partial charge >= 0.3 is 0 Å². The maximum Gasteiger partial charge on any atom is 0.240 e. The van der Waals surface area contributed by atoms with E-state index in [2.05, 4.69) is 10.3 Å². The average Bonchev–Trinajstić information content (AvgIpc) is 3.20. The Morgan fingerprint density at radius 3 is 3.05 bits per heavy atom. The fourth-order valence-electron chi connectivity index (χ4n) is 2.30. The van der Waals surface area contributed by atoms with Gasteiger partial charge in [-0.05, 0) is 31.0 Å². The van der Waals surface area contributed by atoms with Gasteiger partial charge in [-0.1, -0.05) is 11.3 Å². The Bertz CT molecular complexity index is 653. The number of hydrogen-bond donors (Lipinski definition) is 3. The van der Waals surface area contributed by atoms with Crippen molar-refractivity contribution in [2.75, 3.05) is 30.7 Å². The van der Waals surface area contributed by atoms with Gasteiger partial charge in [0.1, 0.15) is 0 Å². The van der Waals surface area contributed by atoms with E-state index in [0.29, 0.717) is 30.0 Å². The van der Waals surface area contributed by atoms with Crippen LogP contribution in [0.4, 0.5) is 10.8 Å². The quantitative estimate of drug-likeness (QED) is 0.699. The third kappa shape index (κ3) is 3.49. The van der Waals surface area contributed by atoms with E-state index in [0.717, 1.165) is 23.1 Å². The van der Waals surface area contributed by atoms with Crippen molar-refractivity contribution >= 4 is 38.3 Å². The summed E-state index contributed by atoms with van der Waals surface area (Å²) in [5.41, 5.74) is 7.25. The van der Waals surface area contributed by atoms with Crippen LogP contribution in [-0.2, 0) is 4.79 Å². The molecule has 21 heavy (non-hydrogen) atoms. The number of hydrogen-bond acceptors (Lipinski definition) is 6. The number of nitrogens with two attached hydrogens (primary N) is 1. The van der Waals surface area contributed by atoms with Gasteiger partial charge in [-0.2, -0.15) is 0 Å². The maximum atomic E-state index is 12.1. The Morgan fingerprint density at radius 2 is 2.33 bits per heavy atom. The monoisotopic (exact) mass is 306 g/mol. The number of carbonyl (C=O) groups excluding carboxylic acids is 1. The van der Waals surface area contributed by atoms with Crippen LogP contribution in [0.25, 0.3) is 10.2 Å². The smallest absolute Gasteiger partial charge is 0.240 e. The number of nitrogen functional groups attached to an aromatic ring is 1. The van der Waals surface area contributed by atoms with Crippen molar-refractivity contribution in [1.29, 1.82) is 0 Å². The van der Waals surface area contributed by atoms with Gasteiger partial charge in [0.05, 0.1) is 23.4 Å².